The summed E-state index contributed by atoms with van der Waals surface area (Å²) in [6.07, 6.45) is 9.26. The van der Waals surface area contributed by atoms with Crippen molar-refractivity contribution in [3.8, 4) is 0 Å². The Bertz CT molecular complexity index is 552. The Morgan fingerprint density at radius 3 is 2.24 bits per heavy atom. The fourth-order valence-electron chi connectivity index (χ4n) is 5.70. The maximum Gasteiger partial charge on any atom is 0.343 e. The standard InChI is InChI=1S/C19H22O2/c1-2-21-18(20)16-5-3-4-6-17(16)19-10-13-7-14(11-19)9-15(8-13)12-19/h2-6,13-15H,1,7-12H2. The largest absolute Gasteiger partial charge is 0.432 e. The van der Waals surface area contributed by atoms with Crippen molar-refractivity contribution in [2.24, 2.45) is 17.8 Å². The summed E-state index contributed by atoms with van der Waals surface area (Å²) in [7, 11) is 0. The normalized spacial score (nSPS) is 36.5. The molecule has 4 saturated carbocycles. The lowest BCUT2D eigenvalue weighted by atomic mass is 9.47. The van der Waals surface area contributed by atoms with Crippen LogP contribution in [0.2, 0.25) is 0 Å². The van der Waals surface area contributed by atoms with Gasteiger partial charge in [0.25, 0.3) is 0 Å². The molecule has 1 aromatic rings. The van der Waals surface area contributed by atoms with E-state index in [2.05, 4.69) is 18.7 Å². The van der Waals surface area contributed by atoms with Crippen LogP contribution in [0.15, 0.2) is 37.1 Å². The summed E-state index contributed by atoms with van der Waals surface area (Å²) in [5.74, 6) is 2.37. The molecule has 2 nitrogen and oxygen atoms in total. The number of ether oxygens (including phenoxy) is 1. The van der Waals surface area contributed by atoms with Crippen LogP contribution in [0.3, 0.4) is 0 Å². The highest BCUT2D eigenvalue weighted by molar-refractivity contribution is 5.92. The smallest absolute Gasteiger partial charge is 0.343 e. The number of rotatable bonds is 3. The molecule has 0 atom stereocenters. The van der Waals surface area contributed by atoms with Gasteiger partial charge in [-0.2, -0.15) is 0 Å². The minimum Gasteiger partial charge on any atom is -0.432 e. The van der Waals surface area contributed by atoms with Gasteiger partial charge in [-0.1, -0.05) is 24.8 Å². The van der Waals surface area contributed by atoms with Crippen LogP contribution < -0.4 is 0 Å². The maximum absolute atomic E-state index is 12.3. The Labute approximate surface area is 126 Å². The van der Waals surface area contributed by atoms with Crippen molar-refractivity contribution in [2.75, 3.05) is 0 Å². The van der Waals surface area contributed by atoms with Crippen molar-refractivity contribution in [3.05, 3.63) is 48.2 Å². The summed E-state index contributed by atoms with van der Waals surface area (Å²) in [5.41, 5.74) is 2.21. The first kappa shape index (κ1) is 13.1. The third-order valence-corrected chi connectivity index (χ3v) is 5.95. The van der Waals surface area contributed by atoms with Gasteiger partial charge < -0.3 is 4.74 Å². The van der Waals surface area contributed by atoms with Gasteiger partial charge in [0.1, 0.15) is 0 Å². The van der Waals surface area contributed by atoms with Crippen LogP contribution in [0.25, 0.3) is 0 Å². The monoisotopic (exact) mass is 282 g/mol. The van der Waals surface area contributed by atoms with E-state index < -0.39 is 0 Å². The van der Waals surface area contributed by atoms with Crippen LogP contribution in [0.5, 0.6) is 0 Å². The zero-order valence-electron chi connectivity index (χ0n) is 12.4. The molecule has 4 aliphatic rings. The van der Waals surface area contributed by atoms with E-state index in [0.717, 1.165) is 23.3 Å². The van der Waals surface area contributed by atoms with Gasteiger partial charge in [-0.3, -0.25) is 0 Å². The SMILES string of the molecule is C=COC(=O)c1ccccc1C12CC3CC(CC(C3)C1)C2. The number of benzene rings is 1. The molecular formula is C19H22O2. The fraction of sp³-hybridized carbons (Fsp3) is 0.526. The molecule has 110 valence electrons. The Morgan fingerprint density at radius 1 is 1.10 bits per heavy atom. The first-order valence-electron chi connectivity index (χ1n) is 8.11. The van der Waals surface area contributed by atoms with Crippen LogP contribution in [0, 0.1) is 17.8 Å². The van der Waals surface area contributed by atoms with Crippen molar-refractivity contribution in [3.63, 3.8) is 0 Å². The molecule has 0 saturated heterocycles. The molecule has 4 bridgehead atoms. The van der Waals surface area contributed by atoms with Crippen molar-refractivity contribution >= 4 is 5.97 Å². The zero-order valence-corrected chi connectivity index (χ0v) is 12.4. The maximum atomic E-state index is 12.3. The molecule has 2 heteroatoms. The lowest BCUT2D eigenvalue weighted by Crippen LogP contribution is -2.49. The van der Waals surface area contributed by atoms with Crippen LogP contribution in [0.1, 0.15) is 54.4 Å². The number of esters is 1. The van der Waals surface area contributed by atoms with Gasteiger partial charge in [0.2, 0.25) is 0 Å². The number of carbonyl (C=O) groups is 1. The van der Waals surface area contributed by atoms with E-state index in [9.17, 15) is 4.79 Å². The molecule has 4 fully saturated rings. The molecular weight excluding hydrogens is 260 g/mol. The van der Waals surface area contributed by atoms with Crippen LogP contribution in [-0.2, 0) is 10.2 Å². The van der Waals surface area contributed by atoms with E-state index in [1.54, 1.807) is 0 Å². The number of hydrogen-bond acceptors (Lipinski definition) is 2. The Balaban J connectivity index is 1.76. The molecule has 0 unspecified atom stereocenters. The van der Waals surface area contributed by atoms with E-state index in [1.165, 1.54) is 50.4 Å². The first-order chi connectivity index (χ1) is 10.2. The third-order valence-electron chi connectivity index (χ3n) is 5.95. The van der Waals surface area contributed by atoms with E-state index in [4.69, 9.17) is 4.74 Å². The molecule has 0 aliphatic heterocycles. The van der Waals surface area contributed by atoms with Gasteiger partial charge in [0.05, 0.1) is 11.8 Å². The van der Waals surface area contributed by atoms with E-state index in [1.807, 2.05) is 12.1 Å². The average molecular weight is 282 g/mol. The van der Waals surface area contributed by atoms with Gasteiger partial charge in [-0.05, 0) is 73.3 Å². The minimum atomic E-state index is -0.253. The molecule has 0 spiro atoms. The van der Waals surface area contributed by atoms with Crippen LogP contribution in [0.4, 0.5) is 0 Å². The Morgan fingerprint density at radius 2 is 1.67 bits per heavy atom. The average Bonchev–Trinajstić information content (AvgIpc) is 2.46. The lowest BCUT2D eigenvalue weighted by molar-refractivity contribution is -0.00585. The molecule has 0 aromatic heterocycles. The summed E-state index contributed by atoms with van der Waals surface area (Å²) >= 11 is 0. The van der Waals surface area contributed by atoms with Gasteiger partial charge >= 0.3 is 5.97 Å². The molecule has 0 amide bonds. The van der Waals surface area contributed by atoms with Crippen molar-refractivity contribution in [1.82, 2.24) is 0 Å². The molecule has 0 N–H and O–H groups in total. The highest BCUT2D eigenvalue weighted by Gasteiger charge is 2.52. The van der Waals surface area contributed by atoms with Gasteiger partial charge in [0, 0.05) is 0 Å². The summed E-state index contributed by atoms with van der Waals surface area (Å²) in [6, 6.07) is 8.08. The highest BCUT2D eigenvalue weighted by atomic mass is 16.5. The van der Waals surface area contributed by atoms with Crippen molar-refractivity contribution in [1.29, 1.82) is 0 Å². The molecule has 5 rings (SSSR count). The molecule has 21 heavy (non-hydrogen) atoms. The van der Waals surface area contributed by atoms with Gasteiger partial charge in [0.15, 0.2) is 0 Å². The van der Waals surface area contributed by atoms with Crippen molar-refractivity contribution < 1.29 is 9.53 Å². The highest BCUT2D eigenvalue weighted by Crippen LogP contribution is 2.61. The lowest BCUT2D eigenvalue weighted by Gasteiger charge is -2.57. The van der Waals surface area contributed by atoms with Crippen molar-refractivity contribution in [2.45, 2.75) is 43.9 Å². The molecule has 0 heterocycles. The second kappa shape index (κ2) is 4.72. The summed E-state index contributed by atoms with van der Waals surface area (Å²) < 4.78 is 5.06. The van der Waals surface area contributed by atoms with Crippen LogP contribution >= 0.6 is 0 Å². The summed E-state index contributed by atoms with van der Waals surface area (Å²) in [6.45, 7) is 3.51. The third kappa shape index (κ3) is 2.04. The van der Waals surface area contributed by atoms with Crippen LogP contribution in [-0.4, -0.2) is 5.97 Å². The molecule has 0 radical (unpaired) electrons. The predicted molar refractivity (Wildman–Crippen MR) is 81.9 cm³/mol. The van der Waals surface area contributed by atoms with E-state index in [-0.39, 0.29) is 11.4 Å². The second-order valence-corrected chi connectivity index (χ2v) is 7.32. The van der Waals surface area contributed by atoms with Gasteiger partial charge in [-0.15, -0.1) is 0 Å². The second-order valence-electron chi connectivity index (χ2n) is 7.32. The quantitative estimate of drug-likeness (QED) is 0.604. The minimum absolute atomic E-state index is 0.228. The first-order valence-corrected chi connectivity index (χ1v) is 8.11. The van der Waals surface area contributed by atoms with E-state index >= 15 is 0 Å². The number of hydrogen-bond donors (Lipinski definition) is 0. The predicted octanol–water partition coefficient (Wildman–Crippen LogP) is 4.45. The number of carbonyl (C=O) groups excluding carboxylic acids is 1. The zero-order chi connectivity index (χ0) is 14.4. The topological polar surface area (TPSA) is 26.3 Å². The Hall–Kier alpha value is -1.57. The van der Waals surface area contributed by atoms with E-state index in [0.29, 0.717) is 0 Å². The molecule has 4 aliphatic carbocycles. The summed E-state index contributed by atoms with van der Waals surface area (Å²) in [5, 5.41) is 0. The molecule has 1 aromatic carbocycles. The Kier molecular flexibility index (Phi) is 2.95. The summed E-state index contributed by atoms with van der Waals surface area (Å²) in [4.78, 5) is 12.3. The fourth-order valence-corrected chi connectivity index (χ4v) is 5.70. The van der Waals surface area contributed by atoms with Gasteiger partial charge in [-0.25, -0.2) is 4.79 Å².